The Morgan fingerprint density at radius 1 is 0.897 bits per heavy atom. The summed E-state index contributed by atoms with van der Waals surface area (Å²) in [6, 6.07) is 14.0. The molecule has 39 heavy (non-hydrogen) atoms. The van der Waals surface area contributed by atoms with E-state index in [0.29, 0.717) is 68.4 Å². The Kier molecular flexibility index (Phi) is 8.48. The molecule has 1 atom stereocenters. The molecular formula is C31H39ClFN3O3. The van der Waals surface area contributed by atoms with E-state index in [-0.39, 0.29) is 17.6 Å². The van der Waals surface area contributed by atoms with Crippen molar-refractivity contribution in [2.75, 3.05) is 52.9 Å². The van der Waals surface area contributed by atoms with Gasteiger partial charge in [0.1, 0.15) is 11.6 Å². The van der Waals surface area contributed by atoms with Gasteiger partial charge in [-0.3, -0.25) is 9.59 Å². The fraction of sp³-hybridized carbons (Fsp3) is 0.548. The van der Waals surface area contributed by atoms with E-state index in [1.54, 1.807) is 24.3 Å². The van der Waals surface area contributed by atoms with Crippen LogP contribution in [0.3, 0.4) is 0 Å². The van der Waals surface area contributed by atoms with Crippen LogP contribution < -0.4 is 4.74 Å². The lowest BCUT2D eigenvalue weighted by Crippen LogP contribution is -2.56. The molecule has 6 nitrogen and oxygen atoms in total. The highest BCUT2D eigenvalue weighted by Crippen LogP contribution is 2.45. The van der Waals surface area contributed by atoms with Gasteiger partial charge in [0.2, 0.25) is 11.8 Å². The van der Waals surface area contributed by atoms with Crippen LogP contribution in [-0.4, -0.2) is 79.4 Å². The maximum Gasteiger partial charge on any atom is 0.233 e. The number of rotatable bonds is 7. The SMILES string of the molecule is CN1CCN(C(=O)C[C@@]2(COc3ccc(Cl)cc3)CCCN(C(=O)C3(c4ccccc4F)CCCC3)C2)CC1. The Morgan fingerprint density at radius 3 is 2.28 bits per heavy atom. The number of hydrogen-bond donors (Lipinski definition) is 0. The Labute approximate surface area is 236 Å². The fourth-order valence-corrected chi connectivity index (χ4v) is 6.81. The molecule has 2 heterocycles. The first kappa shape index (κ1) is 27.9. The molecule has 0 N–H and O–H groups in total. The van der Waals surface area contributed by atoms with E-state index in [2.05, 4.69) is 11.9 Å². The van der Waals surface area contributed by atoms with Crippen molar-refractivity contribution >= 4 is 23.4 Å². The molecule has 0 unspecified atom stereocenters. The van der Waals surface area contributed by atoms with E-state index >= 15 is 4.39 Å². The summed E-state index contributed by atoms with van der Waals surface area (Å²) in [5.74, 6) is 0.481. The standard InChI is InChI=1S/C31H39ClFN3O3/c1-34-17-19-35(20-18-34)28(37)21-30(23-39-25-11-9-24(32)10-12-25)13-6-16-36(22-30)29(38)31(14-4-5-15-31)26-7-2-3-8-27(26)33/h2-3,7-12H,4-6,13-23H2,1H3/t30-/m0/s1. The molecular weight excluding hydrogens is 517 g/mol. The van der Waals surface area contributed by atoms with Crippen LogP contribution in [0.1, 0.15) is 50.5 Å². The first-order chi connectivity index (χ1) is 18.8. The van der Waals surface area contributed by atoms with E-state index in [1.165, 1.54) is 6.07 Å². The monoisotopic (exact) mass is 555 g/mol. The first-order valence-corrected chi connectivity index (χ1v) is 14.6. The van der Waals surface area contributed by atoms with Crippen LogP contribution in [0.5, 0.6) is 5.75 Å². The molecule has 3 fully saturated rings. The summed E-state index contributed by atoms with van der Waals surface area (Å²) in [4.78, 5) is 34.0. The molecule has 0 radical (unpaired) electrons. The molecule has 2 aromatic rings. The topological polar surface area (TPSA) is 53.1 Å². The third-order valence-electron chi connectivity index (χ3n) is 8.95. The zero-order chi connectivity index (χ0) is 27.5. The second-order valence-electron chi connectivity index (χ2n) is 11.7. The molecule has 2 saturated heterocycles. The van der Waals surface area contributed by atoms with Crippen molar-refractivity contribution < 1.29 is 18.7 Å². The first-order valence-electron chi connectivity index (χ1n) is 14.2. The number of carbonyl (C=O) groups excluding carboxylic acids is 2. The highest BCUT2D eigenvalue weighted by molar-refractivity contribution is 6.30. The minimum Gasteiger partial charge on any atom is -0.493 e. The molecule has 5 rings (SSSR count). The average Bonchev–Trinajstić information content (AvgIpc) is 3.44. The van der Waals surface area contributed by atoms with Gasteiger partial charge in [0.25, 0.3) is 0 Å². The van der Waals surface area contributed by atoms with Gasteiger partial charge in [-0.15, -0.1) is 0 Å². The van der Waals surface area contributed by atoms with Crippen LogP contribution in [0.25, 0.3) is 0 Å². The van der Waals surface area contributed by atoms with Gasteiger partial charge in [-0.1, -0.05) is 42.6 Å². The third-order valence-corrected chi connectivity index (χ3v) is 9.20. The van der Waals surface area contributed by atoms with Crippen LogP contribution in [-0.2, 0) is 15.0 Å². The van der Waals surface area contributed by atoms with Crippen molar-refractivity contribution in [3.8, 4) is 5.75 Å². The molecule has 0 aromatic heterocycles. The van der Waals surface area contributed by atoms with Crippen LogP contribution >= 0.6 is 11.6 Å². The van der Waals surface area contributed by atoms with Crippen LogP contribution in [0.2, 0.25) is 5.02 Å². The van der Waals surface area contributed by atoms with E-state index < -0.39 is 10.8 Å². The lowest BCUT2D eigenvalue weighted by Gasteiger charge is -2.46. The number of ether oxygens (including phenoxy) is 1. The van der Waals surface area contributed by atoms with Crippen molar-refractivity contribution in [2.45, 2.75) is 50.4 Å². The van der Waals surface area contributed by atoms with E-state index in [9.17, 15) is 9.59 Å². The van der Waals surface area contributed by atoms with Crippen molar-refractivity contribution in [1.29, 1.82) is 0 Å². The lowest BCUT2D eigenvalue weighted by atomic mass is 9.73. The number of likely N-dealkylation sites (tertiary alicyclic amines) is 1. The summed E-state index contributed by atoms with van der Waals surface area (Å²) in [6.45, 7) is 4.50. The van der Waals surface area contributed by atoms with Crippen molar-refractivity contribution in [2.24, 2.45) is 5.41 Å². The Balaban J connectivity index is 1.39. The Bertz CT molecular complexity index is 1160. The smallest absolute Gasteiger partial charge is 0.233 e. The summed E-state index contributed by atoms with van der Waals surface area (Å²) in [6.07, 6.45) is 4.99. The normalized spacial score (nSPS) is 23.6. The van der Waals surface area contributed by atoms with Gasteiger partial charge in [-0.25, -0.2) is 4.39 Å². The maximum atomic E-state index is 15.1. The van der Waals surface area contributed by atoms with Gasteiger partial charge in [0.15, 0.2) is 0 Å². The number of piperazine rings is 1. The average molecular weight is 556 g/mol. The molecule has 0 spiro atoms. The number of hydrogen-bond acceptors (Lipinski definition) is 4. The lowest BCUT2D eigenvalue weighted by molar-refractivity contribution is -0.146. The molecule has 2 amide bonds. The Hall–Kier alpha value is -2.64. The number of nitrogens with zero attached hydrogens (tertiary/aromatic N) is 3. The minimum absolute atomic E-state index is 0.00675. The number of likely N-dealkylation sites (N-methyl/N-ethyl adjacent to an activating group) is 1. The van der Waals surface area contributed by atoms with Gasteiger partial charge < -0.3 is 19.4 Å². The Morgan fingerprint density at radius 2 is 1.59 bits per heavy atom. The van der Waals surface area contributed by atoms with E-state index in [0.717, 1.165) is 38.8 Å². The van der Waals surface area contributed by atoms with Gasteiger partial charge in [-0.2, -0.15) is 0 Å². The van der Waals surface area contributed by atoms with Crippen LogP contribution in [0.4, 0.5) is 4.39 Å². The quantitative estimate of drug-likeness (QED) is 0.474. The summed E-state index contributed by atoms with van der Waals surface area (Å²) in [7, 11) is 2.07. The molecule has 8 heteroatoms. The van der Waals surface area contributed by atoms with E-state index in [4.69, 9.17) is 16.3 Å². The van der Waals surface area contributed by atoms with Gasteiger partial charge in [-0.05, 0) is 63.1 Å². The highest BCUT2D eigenvalue weighted by Gasteiger charge is 2.49. The largest absolute Gasteiger partial charge is 0.493 e. The van der Waals surface area contributed by atoms with Crippen LogP contribution in [0.15, 0.2) is 48.5 Å². The minimum atomic E-state index is -0.840. The van der Waals surface area contributed by atoms with Gasteiger partial charge in [0, 0.05) is 61.7 Å². The number of amides is 2. The molecule has 210 valence electrons. The van der Waals surface area contributed by atoms with Crippen LogP contribution in [0, 0.1) is 11.2 Å². The predicted molar refractivity (Wildman–Crippen MR) is 150 cm³/mol. The molecule has 2 aromatic carbocycles. The number of piperidine rings is 1. The molecule has 1 saturated carbocycles. The summed E-state index contributed by atoms with van der Waals surface area (Å²) < 4.78 is 21.3. The molecule has 1 aliphatic carbocycles. The zero-order valence-corrected chi connectivity index (χ0v) is 23.6. The fourth-order valence-electron chi connectivity index (χ4n) is 6.68. The molecule has 3 aliphatic rings. The maximum absolute atomic E-state index is 15.1. The van der Waals surface area contributed by atoms with Gasteiger partial charge in [0.05, 0.1) is 12.0 Å². The third kappa shape index (κ3) is 6.09. The van der Waals surface area contributed by atoms with Crippen molar-refractivity contribution in [3.05, 3.63) is 64.9 Å². The van der Waals surface area contributed by atoms with Crippen molar-refractivity contribution in [3.63, 3.8) is 0 Å². The number of benzene rings is 2. The second-order valence-corrected chi connectivity index (χ2v) is 12.1. The summed E-state index contributed by atoms with van der Waals surface area (Å²) >= 11 is 6.06. The summed E-state index contributed by atoms with van der Waals surface area (Å²) in [5, 5.41) is 0.631. The van der Waals surface area contributed by atoms with Gasteiger partial charge >= 0.3 is 0 Å². The molecule has 2 aliphatic heterocycles. The predicted octanol–water partition coefficient (Wildman–Crippen LogP) is 5.14. The molecule has 0 bridgehead atoms. The summed E-state index contributed by atoms with van der Waals surface area (Å²) in [5.41, 5.74) is -0.856. The highest BCUT2D eigenvalue weighted by atomic mass is 35.5. The zero-order valence-electron chi connectivity index (χ0n) is 22.8. The number of carbonyl (C=O) groups is 2. The second kappa shape index (κ2) is 11.8. The number of halogens is 2. The van der Waals surface area contributed by atoms with E-state index in [1.807, 2.05) is 28.0 Å². The van der Waals surface area contributed by atoms with Crippen molar-refractivity contribution in [1.82, 2.24) is 14.7 Å².